The number of nitrogens with zero attached hydrogens (tertiary/aromatic N) is 1. The normalized spacial score (nSPS) is 13.2. The van der Waals surface area contributed by atoms with Gasteiger partial charge in [0.05, 0.1) is 5.75 Å². The van der Waals surface area contributed by atoms with Crippen LogP contribution in [0.1, 0.15) is 25.5 Å². The van der Waals surface area contributed by atoms with E-state index < -0.39 is 9.84 Å². The Morgan fingerprint density at radius 3 is 2.60 bits per heavy atom. The first-order chi connectivity index (χ1) is 9.26. The zero-order valence-corrected chi connectivity index (χ0v) is 13.3. The summed E-state index contributed by atoms with van der Waals surface area (Å²) in [4.78, 5) is 1.79. The van der Waals surface area contributed by atoms with Crippen molar-refractivity contribution in [1.82, 2.24) is 5.32 Å². The molecule has 0 saturated carbocycles. The van der Waals surface area contributed by atoms with Crippen molar-refractivity contribution < 1.29 is 12.8 Å². The molecule has 1 aromatic carbocycles. The topological polar surface area (TPSA) is 49.4 Å². The van der Waals surface area contributed by atoms with Gasteiger partial charge in [0, 0.05) is 37.1 Å². The van der Waals surface area contributed by atoms with Crippen LogP contribution in [0.5, 0.6) is 0 Å². The molecule has 0 saturated heterocycles. The van der Waals surface area contributed by atoms with Gasteiger partial charge in [-0.05, 0) is 25.6 Å². The molecule has 6 heteroatoms. The molecule has 4 nitrogen and oxygen atoms in total. The zero-order chi connectivity index (χ0) is 15.3. The van der Waals surface area contributed by atoms with Crippen molar-refractivity contribution in [3.63, 3.8) is 0 Å². The largest absolute Gasteiger partial charge is 0.373 e. The van der Waals surface area contributed by atoms with Gasteiger partial charge in [0.25, 0.3) is 0 Å². The van der Waals surface area contributed by atoms with Crippen molar-refractivity contribution in [2.45, 2.75) is 19.9 Å². The van der Waals surface area contributed by atoms with E-state index in [0.717, 1.165) is 12.2 Å². The van der Waals surface area contributed by atoms with Gasteiger partial charge < -0.3 is 10.2 Å². The third kappa shape index (κ3) is 4.76. The predicted molar refractivity (Wildman–Crippen MR) is 81.5 cm³/mol. The van der Waals surface area contributed by atoms with E-state index in [1.807, 2.05) is 19.9 Å². The number of hydrogen-bond acceptors (Lipinski definition) is 4. The molecule has 0 aliphatic carbocycles. The van der Waals surface area contributed by atoms with Gasteiger partial charge >= 0.3 is 0 Å². The number of halogens is 1. The lowest BCUT2D eigenvalue weighted by molar-refractivity contribution is 0.540. The fraction of sp³-hybridized carbons (Fsp3) is 0.571. The smallest absolute Gasteiger partial charge is 0.149 e. The van der Waals surface area contributed by atoms with Crippen molar-refractivity contribution in [3.05, 3.63) is 29.6 Å². The molecule has 0 aliphatic rings. The molecule has 20 heavy (non-hydrogen) atoms. The zero-order valence-electron chi connectivity index (χ0n) is 12.5. The van der Waals surface area contributed by atoms with E-state index in [2.05, 4.69) is 5.32 Å². The third-order valence-corrected chi connectivity index (χ3v) is 4.11. The number of nitrogens with one attached hydrogen (secondary N) is 1. The van der Waals surface area contributed by atoms with Crippen LogP contribution in [0.3, 0.4) is 0 Å². The second-order valence-corrected chi connectivity index (χ2v) is 7.26. The van der Waals surface area contributed by atoms with Gasteiger partial charge in [-0.25, -0.2) is 12.8 Å². The lowest BCUT2D eigenvalue weighted by Gasteiger charge is -2.25. The first-order valence-electron chi connectivity index (χ1n) is 6.67. The average Bonchev–Trinajstić information content (AvgIpc) is 2.34. The number of anilines is 1. The number of benzene rings is 1. The van der Waals surface area contributed by atoms with E-state index in [0.29, 0.717) is 12.1 Å². The molecule has 0 aromatic heterocycles. The van der Waals surface area contributed by atoms with Crippen LogP contribution >= 0.6 is 0 Å². The first kappa shape index (κ1) is 16.9. The Morgan fingerprint density at radius 2 is 2.05 bits per heavy atom. The number of rotatable bonds is 7. The Bertz CT molecular complexity index is 546. The molecule has 0 amide bonds. The summed E-state index contributed by atoms with van der Waals surface area (Å²) < 4.78 is 36.6. The van der Waals surface area contributed by atoms with E-state index in [1.165, 1.54) is 12.3 Å². The fourth-order valence-corrected chi connectivity index (χ4v) is 2.72. The summed E-state index contributed by atoms with van der Waals surface area (Å²) in [6.45, 7) is 4.94. The summed E-state index contributed by atoms with van der Waals surface area (Å²) in [5.74, 6) is -0.225. The summed E-state index contributed by atoms with van der Waals surface area (Å²) in [6.07, 6.45) is 1.20. The van der Waals surface area contributed by atoms with Gasteiger partial charge in [-0.1, -0.05) is 13.0 Å². The molecule has 0 heterocycles. The summed E-state index contributed by atoms with van der Waals surface area (Å²) in [5, 5.41) is 3.19. The van der Waals surface area contributed by atoms with Gasteiger partial charge in [-0.2, -0.15) is 0 Å². The Labute approximate surface area is 120 Å². The maximum atomic E-state index is 14.1. The first-order valence-corrected chi connectivity index (χ1v) is 8.73. The standard InChI is InChI=1S/C14H23FN2O2S/c1-5-16-11(2)14-12(15)7-6-8-13(14)17(3)9-10-20(4,18)19/h6-8,11,16H,5,9-10H2,1-4H3. The Morgan fingerprint density at radius 1 is 1.40 bits per heavy atom. The SMILES string of the molecule is CCNC(C)c1c(F)cccc1N(C)CCS(C)(=O)=O. The van der Waals surface area contributed by atoms with Crippen LogP contribution in [0.2, 0.25) is 0 Å². The molecule has 0 radical (unpaired) electrons. The minimum absolute atomic E-state index is 0.0506. The summed E-state index contributed by atoms with van der Waals surface area (Å²) in [7, 11) is -1.25. The molecule has 114 valence electrons. The molecule has 0 bridgehead atoms. The van der Waals surface area contributed by atoms with Crippen LogP contribution in [-0.4, -0.2) is 40.6 Å². The third-order valence-electron chi connectivity index (χ3n) is 3.18. The summed E-state index contributed by atoms with van der Waals surface area (Å²) in [5.41, 5.74) is 1.30. The number of hydrogen-bond donors (Lipinski definition) is 1. The van der Waals surface area contributed by atoms with E-state index in [1.54, 1.807) is 18.0 Å². The van der Waals surface area contributed by atoms with Crippen LogP contribution in [0.25, 0.3) is 0 Å². The van der Waals surface area contributed by atoms with Crippen LogP contribution in [0.15, 0.2) is 18.2 Å². The molecule has 1 rings (SSSR count). The second-order valence-electron chi connectivity index (χ2n) is 5.00. The summed E-state index contributed by atoms with van der Waals surface area (Å²) >= 11 is 0. The van der Waals surface area contributed by atoms with Gasteiger partial charge in [-0.3, -0.25) is 0 Å². The Balaban J connectivity index is 3.01. The Hall–Kier alpha value is -1.14. The molecule has 1 aromatic rings. The van der Waals surface area contributed by atoms with E-state index in [4.69, 9.17) is 0 Å². The van der Waals surface area contributed by atoms with Crippen molar-refractivity contribution in [3.8, 4) is 0 Å². The second kappa shape index (κ2) is 7.04. The maximum absolute atomic E-state index is 14.1. The monoisotopic (exact) mass is 302 g/mol. The highest BCUT2D eigenvalue weighted by Crippen LogP contribution is 2.28. The highest BCUT2D eigenvalue weighted by molar-refractivity contribution is 7.90. The van der Waals surface area contributed by atoms with Gasteiger partial charge in [0.2, 0.25) is 0 Å². The lowest BCUT2D eigenvalue weighted by atomic mass is 10.0. The minimum atomic E-state index is -3.03. The van der Waals surface area contributed by atoms with Gasteiger partial charge in [0.15, 0.2) is 0 Å². The van der Waals surface area contributed by atoms with Crippen LogP contribution in [-0.2, 0) is 9.84 Å². The van der Waals surface area contributed by atoms with Gasteiger partial charge in [-0.15, -0.1) is 0 Å². The Kier molecular flexibility index (Phi) is 5.95. The quantitative estimate of drug-likeness (QED) is 0.837. The van der Waals surface area contributed by atoms with Crippen molar-refractivity contribution >= 4 is 15.5 Å². The highest BCUT2D eigenvalue weighted by atomic mass is 32.2. The van der Waals surface area contributed by atoms with Crippen molar-refractivity contribution in [2.24, 2.45) is 0 Å². The van der Waals surface area contributed by atoms with Crippen molar-refractivity contribution in [2.75, 3.05) is 37.0 Å². The van der Waals surface area contributed by atoms with Crippen LogP contribution in [0, 0.1) is 5.82 Å². The van der Waals surface area contributed by atoms with E-state index >= 15 is 0 Å². The molecule has 0 aliphatic heterocycles. The molecule has 1 atom stereocenters. The molecule has 0 spiro atoms. The lowest BCUT2D eigenvalue weighted by Crippen LogP contribution is -2.28. The minimum Gasteiger partial charge on any atom is -0.373 e. The molecule has 1 N–H and O–H groups in total. The molecule has 1 unspecified atom stereocenters. The predicted octanol–water partition coefficient (Wildman–Crippen LogP) is 1.98. The van der Waals surface area contributed by atoms with E-state index in [9.17, 15) is 12.8 Å². The number of sulfone groups is 1. The fourth-order valence-electron chi connectivity index (χ4n) is 2.12. The summed E-state index contributed by atoms with van der Waals surface area (Å²) in [6, 6.07) is 4.76. The molecule has 0 fully saturated rings. The van der Waals surface area contributed by atoms with Crippen LogP contribution < -0.4 is 10.2 Å². The van der Waals surface area contributed by atoms with Gasteiger partial charge in [0.1, 0.15) is 15.7 Å². The molecular weight excluding hydrogens is 279 g/mol. The van der Waals surface area contributed by atoms with Crippen LogP contribution in [0.4, 0.5) is 10.1 Å². The van der Waals surface area contributed by atoms with Crippen molar-refractivity contribution in [1.29, 1.82) is 0 Å². The average molecular weight is 302 g/mol. The molecular formula is C14H23FN2O2S. The van der Waals surface area contributed by atoms with E-state index in [-0.39, 0.29) is 17.6 Å². The highest BCUT2D eigenvalue weighted by Gasteiger charge is 2.18. The maximum Gasteiger partial charge on any atom is 0.149 e.